The number of hydrogen-bond donors (Lipinski definition) is 0. The van der Waals surface area contributed by atoms with Crippen LogP contribution in [0.4, 0.5) is 0 Å². The topological polar surface area (TPSA) is 20.9 Å². The quantitative estimate of drug-likeness (QED) is 0.514. The van der Waals surface area contributed by atoms with Gasteiger partial charge >= 0.3 is 0 Å². The zero-order chi connectivity index (χ0) is 9.80. The first-order valence-electron chi connectivity index (χ1n) is 4.43. The number of pyridine rings is 1. The third-order valence-electron chi connectivity index (χ3n) is 2.05. The fourth-order valence-corrected chi connectivity index (χ4v) is 1.38. The maximum atomic E-state index is 10.8. The molecule has 1 aromatic carbocycles. The van der Waals surface area contributed by atoms with Crippen LogP contribution in [0.3, 0.4) is 0 Å². The highest BCUT2D eigenvalue weighted by Gasteiger charge is 2.09. The monoisotopic (exact) mass is 184 g/mol. The molecule has 0 amide bonds. The number of hydrogen-bond acceptors (Lipinski definition) is 1. The first-order valence-corrected chi connectivity index (χ1v) is 4.43. The van der Waals surface area contributed by atoms with Gasteiger partial charge in [-0.3, -0.25) is 4.79 Å². The number of carbonyl (C=O) groups is 1. The van der Waals surface area contributed by atoms with Crippen molar-refractivity contribution in [1.82, 2.24) is 0 Å². The summed E-state index contributed by atoms with van der Waals surface area (Å²) in [4.78, 5) is 10.8. The van der Waals surface area contributed by atoms with Crippen molar-refractivity contribution in [2.24, 2.45) is 0 Å². The summed E-state index contributed by atoms with van der Waals surface area (Å²) in [7, 11) is 0. The van der Waals surface area contributed by atoms with Gasteiger partial charge in [-0.15, -0.1) is 0 Å². The first kappa shape index (κ1) is 8.63. The van der Waals surface area contributed by atoms with Crippen LogP contribution in [0.25, 0.3) is 5.69 Å². The molecule has 0 bridgehead atoms. The molecule has 1 heterocycles. The maximum Gasteiger partial charge on any atom is 0.251 e. The third kappa shape index (κ3) is 1.55. The molecule has 0 aliphatic rings. The molecule has 0 unspecified atom stereocenters. The van der Waals surface area contributed by atoms with Gasteiger partial charge in [0.25, 0.3) is 5.69 Å². The molecular weight excluding hydrogens is 174 g/mol. The fourth-order valence-electron chi connectivity index (χ4n) is 1.38. The van der Waals surface area contributed by atoms with Crippen molar-refractivity contribution >= 4 is 6.29 Å². The summed E-state index contributed by atoms with van der Waals surface area (Å²) in [6.07, 6.45) is 2.73. The second-order valence-corrected chi connectivity index (χ2v) is 2.95. The van der Waals surface area contributed by atoms with Gasteiger partial charge in [-0.1, -0.05) is 18.2 Å². The van der Waals surface area contributed by atoms with E-state index in [1.54, 1.807) is 6.07 Å². The predicted molar refractivity (Wildman–Crippen MR) is 53.4 cm³/mol. The van der Waals surface area contributed by atoms with Gasteiger partial charge in [0.05, 0.1) is 0 Å². The Kier molecular flexibility index (Phi) is 2.36. The molecule has 0 spiro atoms. The minimum absolute atomic E-state index is 0.652. The highest BCUT2D eigenvalue weighted by Crippen LogP contribution is 1.99. The van der Waals surface area contributed by atoms with Crippen LogP contribution < -0.4 is 4.57 Å². The van der Waals surface area contributed by atoms with Gasteiger partial charge < -0.3 is 0 Å². The second kappa shape index (κ2) is 3.83. The Morgan fingerprint density at radius 2 is 1.64 bits per heavy atom. The van der Waals surface area contributed by atoms with E-state index < -0.39 is 0 Å². The van der Waals surface area contributed by atoms with Crippen LogP contribution in [0.1, 0.15) is 10.5 Å². The summed E-state index contributed by atoms with van der Waals surface area (Å²) < 4.78 is 1.85. The van der Waals surface area contributed by atoms with Crippen LogP contribution in [0, 0.1) is 0 Å². The van der Waals surface area contributed by atoms with Gasteiger partial charge in [0.1, 0.15) is 0 Å². The molecule has 2 nitrogen and oxygen atoms in total. The molecule has 2 rings (SSSR count). The third-order valence-corrected chi connectivity index (χ3v) is 2.05. The summed E-state index contributed by atoms with van der Waals surface area (Å²) in [5.41, 5.74) is 1.65. The van der Waals surface area contributed by atoms with E-state index in [9.17, 15) is 4.79 Å². The lowest BCUT2D eigenvalue weighted by Crippen LogP contribution is -2.34. The zero-order valence-corrected chi connectivity index (χ0v) is 7.63. The summed E-state index contributed by atoms with van der Waals surface area (Å²) in [6.45, 7) is 0. The standard InChI is InChI=1S/C12H10NO/c14-10-12-8-4-5-9-13(12)11-6-2-1-3-7-11/h1-10H/q+1. The molecule has 2 aromatic rings. The highest BCUT2D eigenvalue weighted by atomic mass is 16.1. The molecule has 1 aromatic heterocycles. The Morgan fingerprint density at radius 1 is 0.929 bits per heavy atom. The number of rotatable bonds is 2. The van der Waals surface area contributed by atoms with E-state index in [4.69, 9.17) is 0 Å². The lowest BCUT2D eigenvalue weighted by Gasteiger charge is -1.96. The van der Waals surface area contributed by atoms with E-state index in [2.05, 4.69) is 0 Å². The van der Waals surface area contributed by atoms with Gasteiger partial charge in [0.15, 0.2) is 6.20 Å². The SMILES string of the molecule is O=Cc1cccc[n+]1-c1ccccc1. The molecule has 14 heavy (non-hydrogen) atoms. The maximum absolute atomic E-state index is 10.8. The fraction of sp³-hybridized carbons (Fsp3) is 0. The molecule has 2 heteroatoms. The van der Waals surface area contributed by atoms with Crippen molar-refractivity contribution < 1.29 is 9.36 Å². The average molecular weight is 184 g/mol. The van der Waals surface area contributed by atoms with E-state index in [0.717, 1.165) is 12.0 Å². The van der Waals surface area contributed by atoms with Gasteiger partial charge in [0, 0.05) is 24.3 Å². The summed E-state index contributed by atoms with van der Waals surface area (Å²) in [6, 6.07) is 15.3. The van der Waals surface area contributed by atoms with E-state index in [-0.39, 0.29) is 0 Å². The molecule has 0 saturated heterocycles. The number of aromatic nitrogens is 1. The van der Waals surface area contributed by atoms with Crippen molar-refractivity contribution in [3.05, 3.63) is 60.4 Å². The lowest BCUT2D eigenvalue weighted by atomic mass is 10.3. The molecule has 0 radical (unpaired) electrons. The Labute approximate surface area is 82.4 Å². The number of carbonyl (C=O) groups excluding carboxylic acids is 1. The Balaban J connectivity index is 2.57. The van der Waals surface area contributed by atoms with Gasteiger partial charge in [-0.25, -0.2) is 0 Å². The van der Waals surface area contributed by atoms with Crippen molar-refractivity contribution in [1.29, 1.82) is 0 Å². The molecule has 0 aliphatic heterocycles. The minimum Gasteiger partial charge on any atom is -0.291 e. The van der Waals surface area contributed by atoms with E-state index in [0.29, 0.717) is 5.69 Å². The molecule has 0 saturated carbocycles. The molecule has 0 atom stereocenters. The second-order valence-electron chi connectivity index (χ2n) is 2.95. The van der Waals surface area contributed by atoms with Crippen LogP contribution in [0.5, 0.6) is 0 Å². The van der Waals surface area contributed by atoms with Crippen molar-refractivity contribution in [3.63, 3.8) is 0 Å². The summed E-state index contributed by atoms with van der Waals surface area (Å²) in [5.74, 6) is 0. The number of benzene rings is 1. The molecule has 68 valence electrons. The highest BCUT2D eigenvalue weighted by molar-refractivity contribution is 5.69. The Morgan fingerprint density at radius 3 is 2.36 bits per heavy atom. The normalized spacial score (nSPS) is 9.71. The summed E-state index contributed by atoms with van der Waals surface area (Å²) >= 11 is 0. The van der Waals surface area contributed by atoms with Crippen LogP contribution in [0.2, 0.25) is 0 Å². The zero-order valence-electron chi connectivity index (χ0n) is 7.63. The van der Waals surface area contributed by atoms with Crippen molar-refractivity contribution in [3.8, 4) is 5.69 Å². The van der Waals surface area contributed by atoms with Gasteiger partial charge in [-0.2, -0.15) is 4.57 Å². The van der Waals surface area contributed by atoms with Crippen LogP contribution in [0.15, 0.2) is 54.7 Å². The minimum atomic E-state index is 0.652. The lowest BCUT2D eigenvalue weighted by molar-refractivity contribution is -0.597. The number of aldehydes is 1. The van der Waals surface area contributed by atoms with Gasteiger partial charge in [-0.05, 0) is 6.07 Å². The van der Waals surface area contributed by atoms with Crippen molar-refractivity contribution in [2.45, 2.75) is 0 Å². The van der Waals surface area contributed by atoms with Crippen LogP contribution >= 0.6 is 0 Å². The molecule has 0 aliphatic carbocycles. The number of nitrogens with zero attached hydrogens (tertiary/aromatic N) is 1. The van der Waals surface area contributed by atoms with Crippen LogP contribution in [-0.4, -0.2) is 6.29 Å². The summed E-state index contributed by atoms with van der Waals surface area (Å²) in [5, 5.41) is 0. The predicted octanol–water partition coefficient (Wildman–Crippen LogP) is 1.78. The van der Waals surface area contributed by atoms with E-state index in [1.165, 1.54) is 0 Å². The first-order chi connectivity index (χ1) is 6.92. The van der Waals surface area contributed by atoms with E-state index >= 15 is 0 Å². The van der Waals surface area contributed by atoms with Crippen molar-refractivity contribution in [2.75, 3.05) is 0 Å². The van der Waals surface area contributed by atoms with Gasteiger partial charge in [0.2, 0.25) is 12.0 Å². The van der Waals surface area contributed by atoms with E-state index in [1.807, 2.05) is 53.2 Å². The Bertz CT molecular complexity index is 437. The Hall–Kier alpha value is -1.96. The number of para-hydroxylation sites is 1. The van der Waals surface area contributed by atoms with Crippen LogP contribution in [-0.2, 0) is 0 Å². The smallest absolute Gasteiger partial charge is 0.251 e. The molecule has 0 N–H and O–H groups in total. The average Bonchev–Trinajstić information content (AvgIpc) is 2.30. The molecule has 0 fully saturated rings. The molecular formula is C12H10NO+. The largest absolute Gasteiger partial charge is 0.291 e.